The molecule has 1 rings (SSSR count). The number of carbonyl (C=O) groups is 2. The van der Waals surface area contributed by atoms with Crippen molar-refractivity contribution in [2.45, 2.75) is 153 Å². The van der Waals surface area contributed by atoms with Gasteiger partial charge in [-0.05, 0) is 51.4 Å². The summed E-state index contributed by atoms with van der Waals surface area (Å²) in [6.07, 6.45) is 32.1. The molecule has 0 aromatic rings. The van der Waals surface area contributed by atoms with Gasteiger partial charge in [0.1, 0.15) is 36.8 Å². The third-order valence-electron chi connectivity index (χ3n) is 8.63. The maximum atomic E-state index is 12.7. The first-order valence-corrected chi connectivity index (χ1v) is 21.8. The van der Waals surface area contributed by atoms with Crippen molar-refractivity contribution < 1.29 is 56.8 Å². The van der Waals surface area contributed by atoms with E-state index < -0.39 is 71.2 Å². The van der Waals surface area contributed by atoms with E-state index in [1.165, 1.54) is 0 Å². The summed E-state index contributed by atoms with van der Waals surface area (Å²) < 4.78 is 53.9. The van der Waals surface area contributed by atoms with Gasteiger partial charge >= 0.3 is 11.9 Å². The molecule has 1 saturated heterocycles. The van der Waals surface area contributed by atoms with Gasteiger partial charge in [0.05, 0.1) is 6.61 Å². The van der Waals surface area contributed by atoms with Crippen LogP contribution in [0.4, 0.5) is 0 Å². The maximum Gasteiger partial charge on any atom is 0.306 e. The van der Waals surface area contributed by atoms with Crippen LogP contribution < -0.4 is 0 Å². The Morgan fingerprint density at radius 3 is 1.59 bits per heavy atom. The molecular formula is C43H68O12S. The first kappa shape index (κ1) is 50.8. The zero-order valence-electron chi connectivity index (χ0n) is 33.4. The molecule has 0 spiro atoms. The van der Waals surface area contributed by atoms with Gasteiger partial charge in [-0.3, -0.25) is 14.1 Å². The Kier molecular flexibility index (Phi) is 29.8. The van der Waals surface area contributed by atoms with Crippen molar-refractivity contribution in [1.29, 1.82) is 0 Å². The van der Waals surface area contributed by atoms with Crippen LogP contribution in [0.2, 0.25) is 0 Å². The van der Waals surface area contributed by atoms with E-state index in [9.17, 15) is 37.9 Å². The summed E-state index contributed by atoms with van der Waals surface area (Å²) in [7, 11) is -4.61. The molecule has 1 heterocycles. The summed E-state index contributed by atoms with van der Waals surface area (Å²) in [6, 6.07) is 0. The van der Waals surface area contributed by atoms with Gasteiger partial charge in [0.25, 0.3) is 10.1 Å². The predicted molar refractivity (Wildman–Crippen MR) is 219 cm³/mol. The molecule has 0 aromatic heterocycles. The van der Waals surface area contributed by atoms with Crippen molar-refractivity contribution >= 4 is 22.1 Å². The van der Waals surface area contributed by atoms with E-state index in [2.05, 4.69) is 38.2 Å². The van der Waals surface area contributed by atoms with Gasteiger partial charge in [0, 0.05) is 12.8 Å². The van der Waals surface area contributed by atoms with E-state index in [0.717, 1.165) is 77.0 Å². The Morgan fingerprint density at radius 1 is 0.607 bits per heavy atom. The molecule has 56 heavy (non-hydrogen) atoms. The molecule has 0 bridgehead atoms. The summed E-state index contributed by atoms with van der Waals surface area (Å²) in [5.74, 6) is -2.06. The second-order valence-electron chi connectivity index (χ2n) is 13.7. The summed E-state index contributed by atoms with van der Waals surface area (Å²) in [6.45, 7) is 3.41. The number of ether oxygens (including phenoxy) is 4. The fourth-order valence-corrected chi connectivity index (χ4v) is 6.20. The summed E-state index contributed by atoms with van der Waals surface area (Å²) in [5, 5.41) is 30.8. The Balaban J connectivity index is 2.54. The number of hydrogen-bond donors (Lipinski definition) is 4. The van der Waals surface area contributed by atoms with Crippen molar-refractivity contribution in [3.8, 4) is 0 Å². The van der Waals surface area contributed by atoms with Crippen LogP contribution >= 0.6 is 0 Å². The smallest absolute Gasteiger partial charge is 0.306 e. The molecule has 0 aliphatic carbocycles. The topological polar surface area (TPSA) is 186 Å². The predicted octanol–water partition coefficient (Wildman–Crippen LogP) is 7.33. The van der Waals surface area contributed by atoms with Gasteiger partial charge < -0.3 is 34.3 Å². The van der Waals surface area contributed by atoms with E-state index in [0.29, 0.717) is 12.8 Å². The molecular weight excluding hydrogens is 741 g/mol. The number of rotatable bonds is 31. The zero-order chi connectivity index (χ0) is 41.3. The van der Waals surface area contributed by atoms with Gasteiger partial charge in [-0.15, -0.1) is 0 Å². The van der Waals surface area contributed by atoms with Gasteiger partial charge in [-0.25, -0.2) is 0 Å². The molecule has 3 unspecified atom stereocenters. The van der Waals surface area contributed by atoms with Crippen LogP contribution in [0.3, 0.4) is 0 Å². The summed E-state index contributed by atoms with van der Waals surface area (Å²) in [5.41, 5.74) is 0. The number of unbranched alkanes of at least 4 members (excludes halogenated alkanes) is 10. The van der Waals surface area contributed by atoms with Crippen molar-refractivity contribution in [2.24, 2.45) is 0 Å². The Labute approximate surface area is 335 Å². The molecule has 12 nitrogen and oxygen atoms in total. The number of aliphatic hydroxyl groups is 3. The highest BCUT2D eigenvalue weighted by molar-refractivity contribution is 7.85. The molecule has 0 aromatic carbocycles. The lowest BCUT2D eigenvalue weighted by atomic mass is 10.00. The Hall–Kier alpha value is -3.17. The molecule has 0 radical (unpaired) electrons. The minimum Gasteiger partial charge on any atom is -0.462 e. The largest absolute Gasteiger partial charge is 0.462 e. The quantitative estimate of drug-likeness (QED) is 0.0237. The van der Waals surface area contributed by atoms with Crippen LogP contribution in [-0.2, 0) is 38.7 Å². The highest BCUT2D eigenvalue weighted by Gasteiger charge is 2.46. The van der Waals surface area contributed by atoms with Gasteiger partial charge in [0.2, 0.25) is 0 Å². The lowest BCUT2D eigenvalue weighted by molar-refractivity contribution is -0.297. The highest BCUT2D eigenvalue weighted by Crippen LogP contribution is 2.24. The molecule has 1 fully saturated rings. The van der Waals surface area contributed by atoms with E-state index in [-0.39, 0.29) is 19.4 Å². The standard InChI is InChI=1S/C43H68O12S/c1-3-5-7-9-11-13-15-17-18-20-21-23-25-27-29-31-38(44)52-33-36(34-53-43-42(48)41(47)40(46)37(55-43)35-56(49,50)51)54-39(45)32-30-28-26-24-22-19-16-14-12-10-8-6-4-2/h5-18,36-37,40-43,46-48H,3-4,19-35H2,1-2H3,(H,49,50,51)/b7-5+,8-6+,11-9+,12-10+,15-13+,16-14+,18-17+/t36?,37-,40-,41?,42?,43+/m1/s1. The minimum atomic E-state index is -4.61. The van der Waals surface area contributed by atoms with Crippen molar-refractivity contribution in [3.05, 3.63) is 85.1 Å². The number of esters is 2. The average Bonchev–Trinajstić information content (AvgIpc) is 3.16. The van der Waals surface area contributed by atoms with Crippen LogP contribution in [0.5, 0.6) is 0 Å². The van der Waals surface area contributed by atoms with Gasteiger partial charge in [0.15, 0.2) is 12.4 Å². The summed E-state index contributed by atoms with van der Waals surface area (Å²) in [4.78, 5) is 25.3. The van der Waals surface area contributed by atoms with Gasteiger partial charge in [-0.1, -0.05) is 137 Å². The molecule has 1 aliphatic rings. The Bertz CT molecular complexity index is 1360. The second kappa shape index (κ2) is 32.9. The molecule has 13 heteroatoms. The molecule has 1 aliphatic heterocycles. The SMILES string of the molecule is CC/C=C/C=C/C=C/C=C/CCCCCCCC(=O)OCC(CO[C@H]1O[C@H](CS(=O)(=O)O)[C@@H](O)C(O)C1O)OC(=O)CCCCCCC/C=C/C=C/C=C/CC. The van der Waals surface area contributed by atoms with Gasteiger partial charge in [-0.2, -0.15) is 8.42 Å². The first-order valence-electron chi connectivity index (χ1n) is 20.2. The van der Waals surface area contributed by atoms with E-state index in [4.69, 9.17) is 18.9 Å². The fraction of sp³-hybridized carbons (Fsp3) is 0.628. The normalized spacial score (nSPS) is 21.6. The van der Waals surface area contributed by atoms with Crippen LogP contribution in [-0.4, -0.2) is 96.0 Å². The monoisotopic (exact) mass is 808 g/mol. The number of allylic oxidation sites excluding steroid dienone is 14. The number of aliphatic hydroxyl groups excluding tert-OH is 3. The molecule has 4 N–H and O–H groups in total. The van der Waals surface area contributed by atoms with Crippen LogP contribution in [0.15, 0.2) is 85.1 Å². The third kappa shape index (κ3) is 27.4. The van der Waals surface area contributed by atoms with Crippen molar-refractivity contribution in [2.75, 3.05) is 19.0 Å². The summed E-state index contributed by atoms with van der Waals surface area (Å²) >= 11 is 0. The van der Waals surface area contributed by atoms with Crippen molar-refractivity contribution in [3.63, 3.8) is 0 Å². The average molecular weight is 809 g/mol. The maximum absolute atomic E-state index is 12.7. The van der Waals surface area contributed by atoms with E-state index in [1.807, 2.05) is 60.8 Å². The van der Waals surface area contributed by atoms with Crippen molar-refractivity contribution in [1.82, 2.24) is 0 Å². The minimum absolute atomic E-state index is 0.130. The number of carbonyl (C=O) groups excluding carboxylic acids is 2. The lowest BCUT2D eigenvalue weighted by Gasteiger charge is -2.40. The van der Waals surface area contributed by atoms with E-state index >= 15 is 0 Å². The Morgan fingerprint density at radius 2 is 1.07 bits per heavy atom. The molecule has 0 amide bonds. The van der Waals surface area contributed by atoms with Crippen LogP contribution in [0, 0.1) is 0 Å². The molecule has 6 atom stereocenters. The first-order chi connectivity index (χ1) is 27.0. The van der Waals surface area contributed by atoms with Crippen LogP contribution in [0.25, 0.3) is 0 Å². The highest BCUT2D eigenvalue weighted by atomic mass is 32.2. The van der Waals surface area contributed by atoms with Crippen LogP contribution in [0.1, 0.15) is 117 Å². The number of hydrogen-bond acceptors (Lipinski definition) is 11. The van der Waals surface area contributed by atoms with E-state index in [1.54, 1.807) is 0 Å². The zero-order valence-corrected chi connectivity index (χ0v) is 34.3. The second-order valence-corrected chi connectivity index (χ2v) is 15.2. The molecule has 318 valence electrons. The lowest BCUT2D eigenvalue weighted by Crippen LogP contribution is -2.60. The third-order valence-corrected chi connectivity index (χ3v) is 9.38. The fourth-order valence-electron chi connectivity index (χ4n) is 5.51. The molecule has 0 saturated carbocycles.